The highest BCUT2D eigenvalue weighted by Crippen LogP contribution is 2.23. The first-order chi connectivity index (χ1) is 8.02. The van der Waals surface area contributed by atoms with Crippen molar-refractivity contribution in [1.29, 1.82) is 0 Å². The van der Waals surface area contributed by atoms with Crippen LogP contribution in [-0.2, 0) is 10.2 Å². The van der Waals surface area contributed by atoms with Gasteiger partial charge in [-0.15, -0.1) is 0 Å². The molecule has 6 heteroatoms. The summed E-state index contributed by atoms with van der Waals surface area (Å²) in [6, 6.07) is 0. The topological polar surface area (TPSA) is 60.9 Å². The Morgan fingerprint density at radius 1 is 1.47 bits per heavy atom. The van der Waals surface area contributed by atoms with Gasteiger partial charge in [0.05, 0.1) is 0 Å². The lowest BCUT2D eigenvalue weighted by atomic mass is 10.1. The maximum absolute atomic E-state index is 12.2. The van der Waals surface area contributed by atoms with E-state index in [-0.39, 0.29) is 6.61 Å². The molecule has 0 aromatic rings. The number of nitrogens with zero attached hydrogens (tertiary/aromatic N) is 2. The first-order valence-electron chi connectivity index (χ1n) is 6.34. The molecule has 0 aliphatic carbocycles. The minimum absolute atomic E-state index is 0.143. The van der Waals surface area contributed by atoms with Crippen LogP contribution in [0.5, 0.6) is 0 Å². The second-order valence-electron chi connectivity index (χ2n) is 4.71. The number of aliphatic hydroxyl groups excluding tert-OH is 1. The Balaban J connectivity index is 2.53. The predicted molar refractivity (Wildman–Crippen MR) is 67.8 cm³/mol. The Morgan fingerprint density at radius 3 is 2.76 bits per heavy atom. The molecule has 0 bridgehead atoms. The maximum Gasteiger partial charge on any atom is 0.281 e. The molecule has 1 aliphatic heterocycles. The van der Waals surface area contributed by atoms with E-state index < -0.39 is 10.2 Å². The molecule has 1 fully saturated rings. The predicted octanol–water partition coefficient (Wildman–Crippen LogP) is 0.667. The zero-order valence-corrected chi connectivity index (χ0v) is 11.6. The smallest absolute Gasteiger partial charge is 0.281 e. The summed E-state index contributed by atoms with van der Waals surface area (Å²) in [7, 11) is -1.63. The van der Waals surface area contributed by atoms with Crippen LogP contribution in [0.3, 0.4) is 0 Å². The lowest BCUT2D eigenvalue weighted by molar-refractivity contribution is 0.259. The van der Waals surface area contributed by atoms with Gasteiger partial charge < -0.3 is 5.11 Å². The zero-order valence-electron chi connectivity index (χ0n) is 10.8. The fourth-order valence-corrected chi connectivity index (χ4v) is 3.61. The molecule has 0 amide bonds. The molecule has 1 heterocycles. The van der Waals surface area contributed by atoms with E-state index in [1.54, 1.807) is 11.4 Å². The van der Waals surface area contributed by atoms with Crippen LogP contribution in [0.2, 0.25) is 0 Å². The van der Waals surface area contributed by atoms with E-state index in [0.29, 0.717) is 32.0 Å². The Labute approximate surface area is 105 Å². The first-order valence-corrected chi connectivity index (χ1v) is 7.74. The standard InChI is InChI=1S/C11H24N2O3S/c1-3-4-7-12(2)17(15,16)13-8-5-11(10-13)6-9-14/h11,14H,3-10H2,1-2H3. The molecule has 1 atom stereocenters. The second kappa shape index (κ2) is 6.68. The van der Waals surface area contributed by atoms with Gasteiger partial charge in [-0.1, -0.05) is 13.3 Å². The highest BCUT2D eigenvalue weighted by Gasteiger charge is 2.33. The maximum atomic E-state index is 12.2. The van der Waals surface area contributed by atoms with E-state index in [1.165, 1.54) is 4.31 Å². The third kappa shape index (κ3) is 3.91. The van der Waals surface area contributed by atoms with E-state index in [9.17, 15) is 8.42 Å². The van der Waals surface area contributed by atoms with Crippen LogP contribution in [0.4, 0.5) is 0 Å². The Hall–Kier alpha value is -0.170. The number of hydrogen-bond donors (Lipinski definition) is 1. The van der Waals surface area contributed by atoms with Crippen molar-refractivity contribution in [2.24, 2.45) is 5.92 Å². The van der Waals surface area contributed by atoms with E-state index in [2.05, 4.69) is 0 Å². The molecule has 0 saturated carbocycles. The first kappa shape index (κ1) is 14.9. The lowest BCUT2D eigenvalue weighted by Gasteiger charge is -2.24. The van der Waals surface area contributed by atoms with Crippen molar-refractivity contribution < 1.29 is 13.5 Å². The molecular weight excluding hydrogens is 240 g/mol. The van der Waals surface area contributed by atoms with Crippen molar-refractivity contribution in [3.8, 4) is 0 Å². The summed E-state index contributed by atoms with van der Waals surface area (Å²) < 4.78 is 27.3. The highest BCUT2D eigenvalue weighted by molar-refractivity contribution is 7.86. The molecule has 1 unspecified atom stereocenters. The number of rotatable bonds is 7. The van der Waals surface area contributed by atoms with Gasteiger partial charge in [0.15, 0.2) is 0 Å². The van der Waals surface area contributed by atoms with Crippen LogP contribution in [0, 0.1) is 5.92 Å². The molecule has 1 aliphatic rings. The molecule has 5 nitrogen and oxygen atoms in total. The Kier molecular flexibility index (Phi) is 5.85. The molecule has 0 aromatic heterocycles. The van der Waals surface area contributed by atoms with Crippen LogP contribution in [0.25, 0.3) is 0 Å². The van der Waals surface area contributed by atoms with E-state index >= 15 is 0 Å². The van der Waals surface area contributed by atoms with Gasteiger partial charge in [-0.2, -0.15) is 17.0 Å². The van der Waals surface area contributed by atoms with Crippen LogP contribution in [0.1, 0.15) is 32.6 Å². The average Bonchev–Trinajstić information content (AvgIpc) is 2.75. The molecule has 1 saturated heterocycles. The van der Waals surface area contributed by atoms with Gasteiger partial charge in [0, 0.05) is 33.3 Å². The van der Waals surface area contributed by atoms with Gasteiger partial charge in [0.2, 0.25) is 0 Å². The van der Waals surface area contributed by atoms with Crippen molar-refractivity contribution in [1.82, 2.24) is 8.61 Å². The second-order valence-corrected chi connectivity index (χ2v) is 6.74. The largest absolute Gasteiger partial charge is 0.396 e. The molecule has 0 spiro atoms. The fraction of sp³-hybridized carbons (Fsp3) is 1.00. The quantitative estimate of drug-likeness (QED) is 0.735. The zero-order chi connectivity index (χ0) is 12.9. The number of aliphatic hydroxyl groups is 1. The van der Waals surface area contributed by atoms with Crippen LogP contribution in [-0.4, -0.2) is 55.4 Å². The molecule has 102 valence electrons. The highest BCUT2D eigenvalue weighted by atomic mass is 32.2. The third-order valence-corrected chi connectivity index (χ3v) is 5.29. The minimum atomic E-state index is -3.28. The van der Waals surface area contributed by atoms with Gasteiger partial charge in [0.1, 0.15) is 0 Å². The fourth-order valence-electron chi connectivity index (χ4n) is 2.12. The number of unbranched alkanes of at least 4 members (excludes halogenated alkanes) is 1. The van der Waals surface area contributed by atoms with Gasteiger partial charge in [-0.25, -0.2) is 0 Å². The van der Waals surface area contributed by atoms with Crippen LogP contribution >= 0.6 is 0 Å². The molecular formula is C11H24N2O3S. The molecule has 0 aromatic carbocycles. The lowest BCUT2D eigenvalue weighted by Crippen LogP contribution is -2.41. The van der Waals surface area contributed by atoms with Gasteiger partial charge in [0.25, 0.3) is 10.2 Å². The van der Waals surface area contributed by atoms with Crippen LogP contribution < -0.4 is 0 Å². The molecule has 1 rings (SSSR count). The molecule has 17 heavy (non-hydrogen) atoms. The summed E-state index contributed by atoms with van der Waals surface area (Å²) in [5.41, 5.74) is 0. The summed E-state index contributed by atoms with van der Waals surface area (Å²) in [6.07, 6.45) is 3.45. The summed E-state index contributed by atoms with van der Waals surface area (Å²) >= 11 is 0. The minimum Gasteiger partial charge on any atom is -0.396 e. The van der Waals surface area contributed by atoms with Crippen molar-refractivity contribution >= 4 is 10.2 Å². The Bertz CT molecular complexity index is 319. The summed E-state index contributed by atoms with van der Waals surface area (Å²) in [5, 5.41) is 8.86. The Morgan fingerprint density at radius 2 is 2.18 bits per heavy atom. The third-order valence-electron chi connectivity index (χ3n) is 3.33. The molecule has 0 radical (unpaired) electrons. The monoisotopic (exact) mass is 264 g/mol. The van der Waals surface area contributed by atoms with Crippen LogP contribution in [0.15, 0.2) is 0 Å². The van der Waals surface area contributed by atoms with Crippen molar-refractivity contribution in [2.45, 2.75) is 32.6 Å². The normalized spacial score (nSPS) is 22.5. The molecule has 1 N–H and O–H groups in total. The van der Waals surface area contributed by atoms with E-state index in [4.69, 9.17) is 5.11 Å². The van der Waals surface area contributed by atoms with Crippen molar-refractivity contribution in [2.75, 3.05) is 33.3 Å². The van der Waals surface area contributed by atoms with Gasteiger partial charge in [-0.05, 0) is 25.2 Å². The van der Waals surface area contributed by atoms with Crippen molar-refractivity contribution in [3.05, 3.63) is 0 Å². The summed E-state index contributed by atoms with van der Waals surface area (Å²) in [5.74, 6) is 0.314. The average molecular weight is 264 g/mol. The van der Waals surface area contributed by atoms with Gasteiger partial charge in [-0.3, -0.25) is 0 Å². The summed E-state index contributed by atoms with van der Waals surface area (Å²) in [4.78, 5) is 0. The SMILES string of the molecule is CCCCN(C)S(=O)(=O)N1CCC(CCO)C1. The van der Waals surface area contributed by atoms with E-state index in [1.807, 2.05) is 6.92 Å². The van der Waals surface area contributed by atoms with E-state index in [0.717, 1.165) is 19.3 Å². The van der Waals surface area contributed by atoms with Crippen molar-refractivity contribution in [3.63, 3.8) is 0 Å². The summed E-state index contributed by atoms with van der Waals surface area (Å²) in [6.45, 7) is 3.92. The number of hydrogen-bond acceptors (Lipinski definition) is 3. The van der Waals surface area contributed by atoms with Gasteiger partial charge >= 0.3 is 0 Å².